The van der Waals surface area contributed by atoms with Gasteiger partial charge in [0.2, 0.25) is 35.7 Å². The number of halogens is 6. The number of hydrogen-bond donors (Lipinski definition) is 0. The predicted molar refractivity (Wildman–Crippen MR) is 151 cm³/mol. The zero-order valence-electron chi connectivity index (χ0n) is 26.6. The van der Waals surface area contributed by atoms with E-state index in [-0.39, 0.29) is 46.3 Å². The first-order valence-corrected chi connectivity index (χ1v) is 17.8. The summed E-state index contributed by atoms with van der Waals surface area (Å²) < 4.78 is 112. The molecule has 12 atom stereocenters. The van der Waals surface area contributed by atoms with Crippen molar-refractivity contribution < 1.29 is 64.8 Å². The van der Waals surface area contributed by atoms with Gasteiger partial charge in [0.15, 0.2) is 11.2 Å². The minimum Gasteiger partial charge on any atom is -0.456 e. The van der Waals surface area contributed by atoms with Crippen LogP contribution >= 0.6 is 11.8 Å². The van der Waals surface area contributed by atoms with Crippen LogP contribution < -0.4 is 0 Å². The van der Waals surface area contributed by atoms with Crippen LogP contribution in [0.5, 0.6) is 0 Å². The molecule has 8 fully saturated rings. The number of hydrogen-bond acceptors (Lipinski definition) is 9. The Hall–Kier alpha value is -1.23. The van der Waals surface area contributed by atoms with E-state index in [0.29, 0.717) is 51.4 Å². The molecule has 10 aliphatic rings. The van der Waals surface area contributed by atoms with Crippen molar-refractivity contribution in [1.29, 1.82) is 0 Å². The van der Waals surface area contributed by atoms with E-state index in [1.54, 1.807) is 13.8 Å². The Balaban J connectivity index is 1.15. The summed E-state index contributed by atoms with van der Waals surface area (Å²) in [6.07, 6.45) is -8.26. The molecule has 6 saturated heterocycles. The standard InChI is InChI=1S/C32H40F6O8S/c1-15-5-7-21-17(23(31(33,34)35)39-25-29(21)19(15)9-11-27(3,41-25)43-45-29)13-47-14-18-22-8-6-16(2)20-10-12-28(4)42-26(30(20,22)46-44-28)40-24(18)32(36,37)38/h15-16,19-22,25-26H,5-14H2,1-4H3/t15-,16-,19?,20?,21+,22+,25-,26-,27?,28?,29-,30?/m1/s1. The molecule has 0 amide bonds. The molecule has 264 valence electrons. The molecule has 5 unspecified atom stereocenters. The predicted octanol–water partition coefficient (Wildman–Crippen LogP) is 7.84. The highest BCUT2D eigenvalue weighted by molar-refractivity contribution is 7.99. The maximum atomic E-state index is 14.7. The summed E-state index contributed by atoms with van der Waals surface area (Å²) in [5.41, 5.74) is -2.70. The van der Waals surface area contributed by atoms with Gasteiger partial charge in [0.25, 0.3) is 0 Å². The van der Waals surface area contributed by atoms with E-state index in [2.05, 4.69) is 0 Å². The molecule has 0 aromatic carbocycles. The van der Waals surface area contributed by atoms with Gasteiger partial charge in [-0.25, -0.2) is 19.6 Å². The van der Waals surface area contributed by atoms with Crippen molar-refractivity contribution in [2.75, 3.05) is 11.5 Å². The fraction of sp³-hybridized carbons (Fsp3) is 0.875. The van der Waals surface area contributed by atoms with Gasteiger partial charge in [-0.05, 0) is 75.4 Å². The minimum atomic E-state index is -4.85. The largest absolute Gasteiger partial charge is 0.456 e. The Morgan fingerprint density at radius 2 is 1.02 bits per heavy atom. The van der Waals surface area contributed by atoms with Crippen LogP contribution in [0.15, 0.2) is 22.7 Å². The average Bonchev–Trinajstić information content (AvgIpc) is 3.36. The third-order valence-corrected chi connectivity index (χ3v) is 13.4. The van der Waals surface area contributed by atoms with Gasteiger partial charge < -0.3 is 18.9 Å². The molecule has 0 radical (unpaired) electrons. The molecule has 2 saturated carbocycles. The first kappa shape index (κ1) is 32.9. The SMILES string of the molecule is C[C@@H]1CC[C@H]2C(CSCC3=C(C(F)(F)F)O[C@@H]4OC5(C)CCC6[C@H](C)CC[C@@H]3[C@]64OO5)=C(C(F)(F)F)O[C@@H]3OC4(C)CCC1C32OO4. The van der Waals surface area contributed by atoms with E-state index < -0.39 is 71.1 Å². The fourth-order valence-corrected chi connectivity index (χ4v) is 11.3. The molecule has 0 aromatic heterocycles. The molecule has 0 aromatic rings. The van der Waals surface area contributed by atoms with E-state index in [9.17, 15) is 26.3 Å². The highest BCUT2D eigenvalue weighted by atomic mass is 32.2. The molecule has 10 rings (SSSR count). The zero-order valence-corrected chi connectivity index (χ0v) is 27.4. The molecule has 15 heteroatoms. The quantitative estimate of drug-likeness (QED) is 0.216. The summed E-state index contributed by atoms with van der Waals surface area (Å²) >= 11 is 0.978. The first-order chi connectivity index (χ1) is 22.0. The Morgan fingerprint density at radius 1 is 0.617 bits per heavy atom. The second-order valence-corrected chi connectivity index (χ2v) is 16.1. The summed E-state index contributed by atoms with van der Waals surface area (Å²) in [4.78, 5) is 23.6. The summed E-state index contributed by atoms with van der Waals surface area (Å²) in [5.74, 6) is -6.99. The minimum absolute atomic E-state index is 0.0451. The van der Waals surface area contributed by atoms with Gasteiger partial charge in [0.1, 0.15) is 0 Å². The van der Waals surface area contributed by atoms with Gasteiger partial charge in [-0.15, -0.1) is 0 Å². The van der Waals surface area contributed by atoms with Crippen molar-refractivity contribution in [3.05, 3.63) is 22.7 Å². The molecule has 8 heterocycles. The van der Waals surface area contributed by atoms with Crippen LogP contribution in [0.1, 0.15) is 79.1 Å². The highest BCUT2D eigenvalue weighted by Gasteiger charge is 2.72. The van der Waals surface area contributed by atoms with E-state index in [0.717, 1.165) is 11.8 Å². The van der Waals surface area contributed by atoms with Gasteiger partial charge >= 0.3 is 12.4 Å². The highest BCUT2D eigenvalue weighted by Crippen LogP contribution is 2.64. The fourth-order valence-electron chi connectivity index (χ4n) is 10.1. The number of rotatable bonds is 4. The number of ether oxygens (including phenoxy) is 4. The Bertz CT molecular complexity index is 1270. The van der Waals surface area contributed by atoms with Crippen molar-refractivity contribution in [2.45, 2.75) is 127 Å². The Kier molecular flexibility index (Phi) is 7.46. The van der Waals surface area contributed by atoms with Crippen molar-refractivity contribution in [2.24, 2.45) is 35.5 Å². The van der Waals surface area contributed by atoms with Crippen LogP contribution in [-0.2, 0) is 38.5 Å². The number of fused-ring (bicyclic) bond motifs is 4. The van der Waals surface area contributed by atoms with Crippen molar-refractivity contribution in [3.8, 4) is 0 Å². The third-order valence-electron chi connectivity index (χ3n) is 12.3. The summed E-state index contributed by atoms with van der Waals surface area (Å²) in [5, 5.41) is 0. The molecule has 8 aliphatic heterocycles. The molecule has 47 heavy (non-hydrogen) atoms. The molecule has 4 bridgehead atoms. The summed E-state index contributed by atoms with van der Waals surface area (Å²) in [6.45, 7) is 7.35. The Morgan fingerprint density at radius 3 is 1.40 bits per heavy atom. The molecule has 8 nitrogen and oxygen atoms in total. The molecular weight excluding hydrogens is 658 g/mol. The lowest BCUT2D eigenvalue weighted by molar-refractivity contribution is -0.557. The van der Waals surface area contributed by atoms with E-state index in [1.807, 2.05) is 13.8 Å². The zero-order chi connectivity index (χ0) is 33.4. The van der Waals surface area contributed by atoms with E-state index in [4.69, 9.17) is 38.5 Å². The topological polar surface area (TPSA) is 73.8 Å². The average molecular weight is 699 g/mol. The molecular formula is C32H40F6O8S. The summed E-state index contributed by atoms with van der Waals surface area (Å²) in [7, 11) is 0. The first-order valence-electron chi connectivity index (χ1n) is 16.6. The lowest BCUT2D eigenvalue weighted by atomic mass is 9.59. The van der Waals surface area contributed by atoms with Gasteiger partial charge in [0.05, 0.1) is 0 Å². The number of alkyl halides is 6. The van der Waals surface area contributed by atoms with Crippen molar-refractivity contribution in [1.82, 2.24) is 0 Å². The second kappa shape index (κ2) is 10.6. The summed E-state index contributed by atoms with van der Waals surface area (Å²) in [6, 6.07) is 0. The van der Waals surface area contributed by atoms with Gasteiger partial charge in [-0.3, -0.25) is 0 Å². The lowest BCUT2D eigenvalue weighted by Gasteiger charge is -2.58. The molecule has 2 spiro atoms. The van der Waals surface area contributed by atoms with Crippen molar-refractivity contribution in [3.63, 3.8) is 0 Å². The normalized spacial score (nSPS) is 49.1. The smallest absolute Gasteiger partial charge is 0.449 e. The van der Waals surface area contributed by atoms with Crippen LogP contribution in [0.25, 0.3) is 0 Å². The Labute approximate surface area is 273 Å². The van der Waals surface area contributed by atoms with E-state index >= 15 is 0 Å². The van der Waals surface area contributed by atoms with Crippen molar-refractivity contribution >= 4 is 11.8 Å². The van der Waals surface area contributed by atoms with Crippen LogP contribution in [0.4, 0.5) is 26.3 Å². The third kappa shape index (κ3) is 4.79. The molecule has 2 aliphatic carbocycles. The van der Waals surface area contributed by atoms with Crippen LogP contribution in [0.3, 0.4) is 0 Å². The number of thioether (sulfide) groups is 1. The number of allylic oxidation sites excluding steroid dienone is 2. The maximum absolute atomic E-state index is 14.7. The van der Waals surface area contributed by atoms with Crippen LogP contribution in [0, 0.1) is 35.5 Å². The van der Waals surface area contributed by atoms with Gasteiger partial charge in [-0.1, -0.05) is 13.8 Å². The van der Waals surface area contributed by atoms with Crippen LogP contribution in [-0.4, -0.2) is 59.2 Å². The monoisotopic (exact) mass is 698 g/mol. The second-order valence-electron chi connectivity index (χ2n) is 15.1. The van der Waals surface area contributed by atoms with E-state index in [1.165, 1.54) is 0 Å². The molecule has 0 N–H and O–H groups in total. The maximum Gasteiger partial charge on any atom is 0.449 e. The van der Waals surface area contributed by atoms with Crippen LogP contribution in [0.2, 0.25) is 0 Å². The van der Waals surface area contributed by atoms with Gasteiger partial charge in [-0.2, -0.15) is 38.1 Å². The van der Waals surface area contributed by atoms with Gasteiger partial charge in [0, 0.05) is 48.0 Å². The lowest BCUT2D eigenvalue weighted by Crippen LogP contribution is -2.67.